The molecule has 0 atom stereocenters. The smallest absolute Gasteiger partial charge is 0.0934 e. The van der Waals surface area contributed by atoms with Crippen LogP contribution in [0.4, 0.5) is 0 Å². The molecule has 1 aromatic heterocycles. The van der Waals surface area contributed by atoms with Crippen LogP contribution in [0.25, 0.3) is 5.57 Å². The third kappa shape index (κ3) is 4.83. The summed E-state index contributed by atoms with van der Waals surface area (Å²) in [6, 6.07) is 4.03. The van der Waals surface area contributed by atoms with Crippen LogP contribution in [0.5, 0.6) is 0 Å². The molecule has 1 N–H and O–H groups in total. The molecule has 0 radical (unpaired) electrons. The second-order valence-electron chi connectivity index (χ2n) is 3.53. The van der Waals surface area contributed by atoms with Gasteiger partial charge in [0.2, 0.25) is 0 Å². The number of thiophene rings is 1. The summed E-state index contributed by atoms with van der Waals surface area (Å²) in [5, 5.41) is 3.38. The van der Waals surface area contributed by atoms with Gasteiger partial charge in [-0.3, -0.25) is 0 Å². The molecule has 0 saturated carbocycles. The van der Waals surface area contributed by atoms with Gasteiger partial charge < -0.3 is 5.32 Å². The third-order valence-electron chi connectivity index (χ3n) is 2.16. The molecular weight excluding hydrogens is 226 g/mol. The molecule has 84 valence electrons. The van der Waals surface area contributed by atoms with E-state index in [4.69, 9.17) is 11.6 Å². The van der Waals surface area contributed by atoms with Gasteiger partial charge in [-0.25, -0.2) is 0 Å². The highest BCUT2D eigenvalue weighted by molar-refractivity contribution is 7.17. The van der Waals surface area contributed by atoms with E-state index in [1.165, 1.54) is 16.9 Å². The second kappa shape index (κ2) is 7.04. The van der Waals surface area contributed by atoms with Crippen LogP contribution < -0.4 is 5.32 Å². The SMILES string of the molecule is CCCNCCC=C(C)c1ccc(Cl)s1. The molecule has 1 rings (SSSR count). The van der Waals surface area contributed by atoms with E-state index in [-0.39, 0.29) is 0 Å². The van der Waals surface area contributed by atoms with E-state index in [0.717, 1.165) is 23.8 Å². The first-order valence-corrected chi connectivity index (χ1v) is 6.56. The molecule has 0 aliphatic rings. The average Bonchev–Trinajstić information content (AvgIpc) is 2.64. The average molecular weight is 244 g/mol. The Hall–Kier alpha value is -0.310. The van der Waals surface area contributed by atoms with Gasteiger partial charge in [0, 0.05) is 4.88 Å². The number of hydrogen-bond acceptors (Lipinski definition) is 2. The number of rotatable bonds is 6. The monoisotopic (exact) mass is 243 g/mol. The van der Waals surface area contributed by atoms with Gasteiger partial charge in [-0.2, -0.15) is 0 Å². The lowest BCUT2D eigenvalue weighted by Crippen LogP contribution is -2.15. The second-order valence-corrected chi connectivity index (χ2v) is 5.24. The fraction of sp³-hybridized carbons (Fsp3) is 0.500. The van der Waals surface area contributed by atoms with E-state index in [0.29, 0.717) is 0 Å². The van der Waals surface area contributed by atoms with Crippen molar-refractivity contribution in [3.8, 4) is 0 Å². The summed E-state index contributed by atoms with van der Waals surface area (Å²) in [6.07, 6.45) is 4.55. The highest BCUT2D eigenvalue weighted by atomic mass is 35.5. The molecule has 1 nitrogen and oxygen atoms in total. The van der Waals surface area contributed by atoms with E-state index in [1.54, 1.807) is 11.3 Å². The van der Waals surface area contributed by atoms with Crippen LogP contribution in [0.1, 0.15) is 31.6 Å². The van der Waals surface area contributed by atoms with Crippen molar-refractivity contribution < 1.29 is 0 Å². The molecule has 0 spiro atoms. The van der Waals surface area contributed by atoms with Crippen molar-refractivity contribution in [3.63, 3.8) is 0 Å². The lowest BCUT2D eigenvalue weighted by Gasteiger charge is -2.00. The maximum absolute atomic E-state index is 5.89. The van der Waals surface area contributed by atoms with Crippen molar-refractivity contribution in [2.24, 2.45) is 0 Å². The summed E-state index contributed by atoms with van der Waals surface area (Å²) in [6.45, 7) is 6.49. The molecule has 0 bridgehead atoms. The van der Waals surface area contributed by atoms with Crippen molar-refractivity contribution in [2.45, 2.75) is 26.7 Å². The molecule has 1 heterocycles. The van der Waals surface area contributed by atoms with Crippen molar-refractivity contribution in [2.75, 3.05) is 13.1 Å². The number of allylic oxidation sites excluding steroid dienone is 1. The Morgan fingerprint density at radius 2 is 2.27 bits per heavy atom. The van der Waals surface area contributed by atoms with Crippen LogP contribution in [0.3, 0.4) is 0 Å². The third-order valence-corrected chi connectivity index (χ3v) is 3.53. The van der Waals surface area contributed by atoms with E-state index < -0.39 is 0 Å². The maximum atomic E-state index is 5.89. The zero-order chi connectivity index (χ0) is 11.1. The van der Waals surface area contributed by atoms with Crippen LogP contribution in [0.15, 0.2) is 18.2 Å². The molecule has 0 saturated heterocycles. The minimum atomic E-state index is 0.863. The van der Waals surface area contributed by atoms with Crippen molar-refractivity contribution in [3.05, 3.63) is 27.4 Å². The molecule has 0 aromatic carbocycles. The summed E-state index contributed by atoms with van der Waals surface area (Å²) in [5.74, 6) is 0. The predicted molar refractivity (Wildman–Crippen MR) is 70.8 cm³/mol. The Bertz CT molecular complexity index is 317. The summed E-state index contributed by atoms with van der Waals surface area (Å²) >= 11 is 7.53. The molecule has 1 aromatic rings. The molecular formula is C12H18ClNS. The minimum absolute atomic E-state index is 0.863. The molecule has 3 heteroatoms. The Morgan fingerprint density at radius 3 is 2.87 bits per heavy atom. The molecule has 0 unspecified atom stereocenters. The minimum Gasteiger partial charge on any atom is -0.316 e. The van der Waals surface area contributed by atoms with Gasteiger partial charge in [0.15, 0.2) is 0 Å². The highest BCUT2D eigenvalue weighted by Gasteiger charge is 1.98. The van der Waals surface area contributed by atoms with Crippen molar-refractivity contribution in [1.29, 1.82) is 0 Å². The van der Waals surface area contributed by atoms with E-state index in [1.807, 2.05) is 6.07 Å². The number of hydrogen-bond donors (Lipinski definition) is 1. The maximum Gasteiger partial charge on any atom is 0.0934 e. The summed E-state index contributed by atoms with van der Waals surface area (Å²) < 4.78 is 0.863. The van der Waals surface area contributed by atoms with Gasteiger partial charge in [0.25, 0.3) is 0 Å². The number of halogens is 1. The van der Waals surface area contributed by atoms with Gasteiger partial charge in [-0.1, -0.05) is 24.6 Å². The first-order valence-electron chi connectivity index (χ1n) is 5.37. The van der Waals surface area contributed by atoms with E-state index >= 15 is 0 Å². The Kier molecular flexibility index (Phi) is 5.99. The zero-order valence-corrected chi connectivity index (χ0v) is 10.9. The van der Waals surface area contributed by atoms with Crippen LogP contribution in [-0.2, 0) is 0 Å². The molecule has 0 aliphatic carbocycles. The van der Waals surface area contributed by atoms with Crippen LogP contribution in [0.2, 0.25) is 4.34 Å². The van der Waals surface area contributed by atoms with Gasteiger partial charge in [0.05, 0.1) is 4.34 Å². The Morgan fingerprint density at radius 1 is 1.47 bits per heavy atom. The summed E-state index contributed by atoms with van der Waals surface area (Å²) in [5.41, 5.74) is 1.32. The summed E-state index contributed by atoms with van der Waals surface area (Å²) in [7, 11) is 0. The standard InChI is InChI=1S/C12H18ClNS/c1-3-8-14-9-4-5-10(2)11-6-7-12(13)15-11/h5-7,14H,3-4,8-9H2,1-2H3. The van der Waals surface area contributed by atoms with Crippen molar-refractivity contribution >= 4 is 28.5 Å². The Balaban J connectivity index is 2.33. The molecule has 15 heavy (non-hydrogen) atoms. The van der Waals surface area contributed by atoms with E-state index in [2.05, 4.69) is 31.3 Å². The summed E-state index contributed by atoms with van der Waals surface area (Å²) in [4.78, 5) is 1.27. The van der Waals surface area contributed by atoms with Gasteiger partial charge in [-0.05, 0) is 50.6 Å². The molecule has 0 aliphatic heterocycles. The van der Waals surface area contributed by atoms with Crippen LogP contribution in [0, 0.1) is 0 Å². The van der Waals surface area contributed by atoms with Crippen LogP contribution in [-0.4, -0.2) is 13.1 Å². The lowest BCUT2D eigenvalue weighted by molar-refractivity contribution is 0.678. The highest BCUT2D eigenvalue weighted by Crippen LogP contribution is 2.27. The van der Waals surface area contributed by atoms with E-state index in [9.17, 15) is 0 Å². The lowest BCUT2D eigenvalue weighted by atomic mass is 10.2. The van der Waals surface area contributed by atoms with Gasteiger partial charge in [-0.15, -0.1) is 11.3 Å². The normalized spacial score (nSPS) is 12.1. The largest absolute Gasteiger partial charge is 0.316 e. The quantitative estimate of drug-likeness (QED) is 0.739. The molecule has 0 fully saturated rings. The first-order chi connectivity index (χ1) is 7.24. The topological polar surface area (TPSA) is 12.0 Å². The zero-order valence-electron chi connectivity index (χ0n) is 9.35. The van der Waals surface area contributed by atoms with Crippen LogP contribution >= 0.6 is 22.9 Å². The fourth-order valence-electron chi connectivity index (χ4n) is 1.32. The Labute approximate surface area is 101 Å². The fourth-order valence-corrected chi connectivity index (χ4v) is 2.36. The van der Waals surface area contributed by atoms with Gasteiger partial charge in [0.1, 0.15) is 0 Å². The number of nitrogens with one attached hydrogen (secondary N) is 1. The van der Waals surface area contributed by atoms with Gasteiger partial charge >= 0.3 is 0 Å². The molecule has 0 amide bonds. The predicted octanol–water partition coefficient (Wildman–Crippen LogP) is 4.19. The first kappa shape index (κ1) is 12.8. The van der Waals surface area contributed by atoms with Crippen molar-refractivity contribution in [1.82, 2.24) is 5.32 Å².